The van der Waals surface area contributed by atoms with Crippen LogP contribution in [0, 0.1) is 46.8 Å². The minimum absolute atomic E-state index is 0.00509. The zero-order valence-corrected chi connectivity index (χ0v) is 47.8. The largest absolute Gasteiger partial charge is 0.377 e. The summed E-state index contributed by atoms with van der Waals surface area (Å²) in [6, 6.07) is 0. The van der Waals surface area contributed by atoms with E-state index in [1.807, 2.05) is 125 Å². The number of methoxy groups -OCH3 is 2. The number of ether oxygens (including phenoxy) is 3. The van der Waals surface area contributed by atoms with Crippen molar-refractivity contribution in [3.05, 3.63) is 0 Å². The lowest BCUT2D eigenvalue weighted by Crippen LogP contribution is -2.43. The molecule has 0 saturated heterocycles. The molecule has 0 aliphatic heterocycles. The standard InChI is InChI=1S/C11H22N2O2.C10H21NO2.C9H19NO.C8H17NO2.C7H15NO2.C6H13NO2/c1-5-8(3)10(14)12-7-13-11(15)9(4)6-2;1-5-9(4)10(12)11-7-13-6-8(2)3;1-6-7(2)8(11)10-9(3,4)5;1-5-8(2,3)7(10)9-6-11-4;1-4-6(2)7(9)8-5-10-3;1-3-5(2)6(9)7-4-8/h8-9H,5-7H2,1-4H3,(H,12,14)(H,13,15);8-9H,5-7H2,1-4H3,(H,11,12);7H,6H2,1-5H3,(H,10,11);5-6H2,1-4H3,(H,9,10);6H,4-5H2,1-3H3,(H,8,9);5,8H,3-4H2,1-2H3,(H,7,9). The molecule has 0 rings (SSSR count). The number of nitrogens with one attached hydrogen (secondary N) is 7. The number of hydrogen-bond acceptors (Lipinski definition) is 11. The van der Waals surface area contributed by atoms with Crippen molar-refractivity contribution in [2.75, 3.05) is 54.4 Å². The van der Waals surface area contributed by atoms with Gasteiger partial charge in [-0.05, 0) is 71.6 Å². The summed E-state index contributed by atoms with van der Waals surface area (Å²) in [6.45, 7) is 40.7. The second-order valence-corrected chi connectivity index (χ2v) is 19.2. The minimum atomic E-state index is -0.279. The molecule has 7 amide bonds. The van der Waals surface area contributed by atoms with Gasteiger partial charge in [0.2, 0.25) is 41.4 Å². The van der Waals surface area contributed by atoms with Gasteiger partial charge in [0, 0.05) is 60.7 Å². The highest BCUT2D eigenvalue weighted by Crippen LogP contribution is 2.19. The van der Waals surface area contributed by atoms with Crippen LogP contribution in [0.4, 0.5) is 0 Å². The maximum absolute atomic E-state index is 11.3. The van der Waals surface area contributed by atoms with E-state index in [9.17, 15) is 33.6 Å². The molecule has 6 unspecified atom stereocenters. The van der Waals surface area contributed by atoms with Crippen molar-refractivity contribution in [3.63, 3.8) is 0 Å². The van der Waals surface area contributed by atoms with E-state index in [-0.39, 0.29) is 101 Å². The van der Waals surface area contributed by atoms with Crippen LogP contribution in [0.3, 0.4) is 0 Å². The van der Waals surface area contributed by atoms with Crippen molar-refractivity contribution < 1.29 is 52.9 Å². The first kappa shape index (κ1) is 76.6. The number of amides is 7. The minimum Gasteiger partial charge on any atom is -0.377 e. The van der Waals surface area contributed by atoms with E-state index in [2.05, 4.69) is 55.8 Å². The molecule has 0 aliphatic rings. The molecule has 18 nitrogen and oxygen atoms in total. The number of carbonyl (C=O) groups is 7. The molecule has 0 heterocycles. The average molecular weight is 994 g/mol. The molecule has 412 valence electrons. The highest BCUT2D eigenvalue weighted by atomic mass is 16.5. The number of rotatable bonds is 25. The normalized spacial score (nSPS) is 13.1. The molecular weight excluding hydrogens is 887 g/mol. The van der Waals surface area contributed by atoms with Gasteiger partial charge in [-0.1, -0.05) is 118 Å². The first-order valence-corrected chi connectivity index (χ1v) is 25.1. The predicted octanol–water partition coefficient (Wildman–Crippen LogP) is 6.99. The fourth-order valence-corrected chi connectivity index (χ4v) is 3.87. The van der Waals surface area contributed by atoms with E-state index in [0.717, 1.165) is 44.9 Å². The molecule has 69 heavy (non-hydrogen) atoms. The average Bonchev–Trinajstić information content (AvgIpc) is 3.32. The van der Waals surface area contributed by atoms with Gasteiger partial charge in [0.25, 0.3) is 0 Å². The van der Waals surface area contributed by atoms with Gasteiger partial charge in [-0.15, -0.1) is 0 Å². The molecule has 6 atom stereocenters. The molecule has 0 aromatic heterocycles. The Morgan fingerprint density at radius 1 is 0.449 bits per heavy atom. The summed E-state index contributed by atoms with van der Waals surface area (Å²) in [5.74, 6) is 1.07. The van der Waals surface area contributed by atoms with Crippen LogP contribution in [-0.2, 0) is 47.8 Å². The molecule has 8 N–H and O–H groups in total. The summed E-state index contributed by atoms with van der Waals surface area (Å²) < 4.78 is 14.6. The van der Waals surface area contributed by atoms with Crippen LogP contribution < -0.4 is 37.2 Å². The lowest BCUT2D eigenvalue weighted by atomic mass is 9.89. The number of aliphatic hydroxyl groups is 1. The van der Waals surface area contributed by atoms with Crippen LogP contribution in [0.25, 0.3) is 0 Å². The lowest BCUT2D eigenvalue weighted by molar-refractivity contribution is -0.131. The molecule has 0 bridgehead atoms. The van der Waals surface area contributed by atoms with E-state index in [0.29, 0.717) is 32.7 Å². The number of carbonyl (C=O) groups excluding carboxylic acids is 7. The van der Waals surface area contributed by atoms with Crippen molar-refractivity contribution in [3.8, 4) is 0 Å². The van der Waals surface area contributed by atoms with Gasteiger partial charge in [-0.3, -0.25) is 33.6 Å². The number of hydrogen-bond donors (Lipinski definition) is 8. The Labute approximate surface area is 420 Å². The monoisotopic (exact) mass is 994 g/mol. The Hall–Kier alpha value is -3.87. The van der Waals surface area contributed by atoms with E-state index >= 15 is 0 Å². The Balaban J connectivity index is -0.000000174. The summed E-state index contributed by atoms with van der Waals surface area (Å²) in [5, 5.41) is 26.8. The van der Waals surface area contributed by atoms with Crippen LogP contribution in [0.5, 0.6) is 0 Å². The first-order valence-electron chi connectivity index (χ1n) is 25.1. The summed E-state index contributed by atoms with van der Waals surface area (Å²) in [6.07, 6.45) is 5.91. The van der Waals surface area contributed by atoms with Crippen LogP contribution in [0.15, 0.2) is 0 Å². The third kappa shape index (κ3) is 50.3. The van der Waals surface area contributed by atoms with Gasteiger partial charge < -0.3 is 56.5 Å². The van der Waals surface area contributed by atoms with Crippen molar-refractivity contribution in [1.82, 2.24) is 37.2 Å². The van der Waals surface area contributed by atoms with Gasteiger partial charge in [0.15, 0.2) is 0 Å². The Morgan fingerprint density at radius 3 is 1.04 bits per heavy atom. The molecule has 0 spiro atoms. The SMILES string of the molecule is CCC(C)(C)C(=O)NCOC.CCC(C)C(=O)NC(C)(C)C.CCC(C)C(=O)NCNC(=O)C(C)CC.CCC(C)C(=O)NCO.CCC(C)C(=O)NCOC.CCC(C)C(=O)NCOCC(C)C. The van der Waals surface area contributed by atoms with Crippen LogP contribution in [0.1, 0.15) is 183 Å². The van der Waals surface area contributed by atoms with E-state index in [1.165, 1.54) is 0 Å². The van der Waals surface area contributed by atoms with Gasteiger partial charge in [-0.2, -0.15) is 0 Å². The molecule has 0 aromatic carbocycles. The second kappa shape index (κ2) is 47.8. The smallest absolute Gasteiger partial charge is 0.227 e. The van der Waals surface area contributed by atoms with E-state index < -0.39 is 0 Å². The third-order valence-corrected chi connectivity index (χ3v) is 10.7. The maximum atomic E-state index is 11.3. The molecule has 0 aliphatic carbocycles. The zero-order chi connectivity index (χ0) is 55.3. The summed E-state index contributed by atoms with van der Waals surface area (Å²) in [5.41, 5.74) is -0.376. The summed E-state index contributed by atoms with van der Waals surface area (Å²) in [7, 11) is 3.11. The van der Waals surface area contributed by atoms with Crippen molar-refractivity contribution in [2.24, 2.45) is 46.8 Å². The van der Waals surface area contributed by atoms with Crippen molar-refractivity contribution >= 4 is 41.4 Å². The van der Waals surface area contributed by atoms with E-state index in [4.69, 9.17) is 14.6 Å². The lowest BCUT2D eigenvalue weighted by Gasteiger charge is -2.22. The number of aliphatic hydroxyl groups excluding tert-OH is 1. The van der Waals surface area contributed by atoms with Crippen molar-refractivity contribution in [2.45, 2.75) is 189 Å². The predicted molar refractivity (Wildman–Crippen MR) is 279 cm³/mol. The highest BCUT2D eigenvalue weighted by Gasteiger charge is 2.24. The Morgan fingerprint density at radius 2 is 0.754 bits per heavy atom. The van der Waals surface area contributed by atoms with Gasteiger partial charge in [0.05, 0.1) is 13.3 Å². The third-order valence-electron chi connectivity index (χ3n) is 10.7. The quantitative estimate of drug-likeness (QED) is 0.0342. The maximum Gasteiger partial charge on any atom is 0.227 e. The molecule has 0 fully saturated rings. The fraction of sp³-hybridized carbons (Fsp3) is 0.863. The van der Waals surface area contributed by atoms with Crippen molar-refractivity contribution in [1.29, 1.82) is 0 Å². The van der Waals surface area contributed by atoms with Gasteiger partial charge in [0.1, 0.15) is 26.9 Å². The Kier molecular flexibility index (Phi) is 53.1. The van der Waals surface area contributed by atoms with Gasteiger partial charge >= 0.3 is 0 Å². The fourth-order valence-electron chi connectivity index (χ4n) is 3.87. The van der Waals surface area contributed by atoms with Crippen LogP contribution in [-0.4, -0.2) is 106 Å². The highest BCUT2D eigenvalue weighted by molar-refractivity contribution is 5.82. The van der Waals surface area contributed by atoms with Crippen LogP contribution >= 0.6 is 0 Å². The molecular formula is C51H107N7O11. The molecule has 0 aromatic rings. The van der Waals surface area contributed by atoms with E-state index in [1.54, 1.807) is 14.2 Å². The summed E-state index contributed by atoms with van der Waals surface area (Å²) >= 11 is 0. The Bertz CT molecular complexity index is 1310. The second-order valence-electron chi connectivity index (χ2n) is 19.2. The molecule has 0 radical (unpaired) electrons. The molecule has 18 heteroatoms. The first-order chi connectivity index (χ1) is 31.9. The zero-order valence-electron chi connectivity index (χ0n) is 47.8. The van der Waals surface area contributed by atoms with Gasteiger partial charge in [-0.25, -0.2) is 0 Å². The van der Waals surface area contributed by atoms with Crippen LogP contribution in [0.2, 0.25) is 0 Å². The summed E-state index contributed by atoms with van der Waals surface area (Å²) in [4.78, 5) is 78.1. The molecule has 0 saturated carbocycles. The topological polar surface area (TPSA) is 252 Å².